The average molecular weight is 272 g/mol. The summed E-state index contributed by atoms with van der Waals surface area (Å²) in [6, 6.07) is 0. The summed E-state index contributed by atoms with van der Waals surface area (Å²) in [4.78, 5) is 13.9. The van der Waals surface area contributed by atoms with Gasteiger partial charge < -0.3 is 19.8 Å². The van der Waals surface area contributed by atoms with Gasteiger partial charge in [0.15, 0.2) is 6.10 Å². The van der Waals surface area contributed by atoms with Gasteiger partial charge in [0, 0.05) is 19.5 Å². The Morgan fingerprint density at radius 1 is 1.32 bits per heavy atom. The van der Waals surface area contributed by atoms with Crippen molar-refractivity contribution < 1.29 is 14.4 Å². The zero-order valence-electron chi connectivity index (χ0n) is 12.7. The van der Waals surface area contributed by atoms with Crippen molar-refractivity contribution in [3.8, 4) is 0 Å². The zero-order valence-corrected chi connectivity index (χ0v) is 12.7. The van der Waals surface area contributed by atoms with Crippen molar-refractivity contribution in [2.24, 2.45) is 0 Å². The highest BCUT2D eigenvalue weighted by Gasteiger charge is 2.39. The molecule has 1 heterocycles. The van der Waals surface area contributed by atoms with Crippen molar-refractivity contribution in [3.63, 3.8) is 0 Å². The van der Waals surface area contributed by atoms with Gasteiger partial charge in [0.05, 0.1) is 20.1 Å². The molecule has 1 fully saturated rings. The minimum atomic E-state index is -0.147. The maximum Gasteiger partial charge on any atom is 0.222 e. The molecule has 1 amide bonds. The quantitative estimate of drug-likeness (QED) is 0.460. The molecule has 5 nitrogen and oxygen atoms in total. The lowest BCUT2D eigenvalue weighted by Crippen LogP contribution is -2.65. The second-order valence-corrected chi connectivity index (χ2v) is 5.85. The van der Waals surface area contributed by atoms with Crippen molar-refractivity contribution >= 4 is 5.91 Å². The lowest BCUT2D eigenvalue weighted by atomic mass is 10.1. The predicted molar refractivity (Wildman–Crippen MR) is 76.8 cm³/mol. The minimum Gasteiger partial charge on any atom is -0.382 e. The van der Waals surface area contributed by atoms with Gasteiger partial charge in [-0.05, 0) is 13.0 Å². The van der Waals surface area contributed by atoms with Gasteiger partial charge in [0.2, 0.25) is 5.91 Å². The predicted octanol–water partition coefficient (Wildman–Crippen LogP) is 0.0457. The van der Waals surface area contributed by atoms with Gasteiger partial charge in [-0.15, -0.1) is 0 Å². The van der Waals surface area contributed by atoms with Gasteiger partial charge >= 0.3 is 0 Å². The van der Waals surface area contributed by atoms with E-state index >= 15 is 0 Å². The largest absolute Gasteiger partial charge is 0.382 e. The SMILES string of the molecule is CCCNCCN(CC[N+]1(C)CC(O)C1)C(=O)CC. The van der Waals surface area contributed by atoms with Gasteiger partial charge in [0.25, 0.3) is 0 Å². The van der Waals surface area contributed by atoms with Gasteiger partial charge in [0.1, 0.15) is 13.1 Å². The zero-order chi connectivity index (χ0) is 14.3. The third kappa shape index (κ3) is 5.47. The molecule has 0 atom stereocenters. The standard InChI is InChI=1S/C14H30N3O2/c1-4-6-15-7-8-16(14(19)5-2)9-10-17(3)11-13(18)12-17/h13,15,18H,4-12H2,1-3H3/q+1. The third-order valence-electron chi connectivity index (χ3n) is 3.85. The molecule has 0 saturated carbocycles. The Kier molecular flexibility index (Phi) is 6.75. The first-order valence-corrected chi connectivity index (χ1v) is 7.51. The van der Waals surface area contributed by atoms with E-state index in [4.69, 9.17) is 0 Å². The van der Waals surface area contributed by atoms with Crippen molar-refractivity contribution in [2.75, 3.05) is 52.9 Å². The lowest BCUT2D eigenvalue weighted by Gasteiger charge is -2.46. The Morgan fingerprint density at radius 3 is 2.53 bits per heavy atom. The van der Waals surface area contributed by atoms with Crippen LogP contribution in [0, 0.1) is 0 Å². The number of carbonyl (C=O) groups is 1. The smallest absolute Gasteiger partial charge is 0.222 e. The van der Waals surface area contributed by atoms with Crippen LogP contribution in [0.2, 0.25) is 0 Å². The van der Waals surface area contributed by atoms with E-state index in [0.717, 1.165) is 56.7 Å². The number of rotatable bonds is 9. The van der Waals surface area contributed by atoms with E-state index in [1.165, 1.54) is 0 Å². The van der Waals surface area contributed by atoms with Gasteiger partial charge in [-0.1, -0.05) is 13.8 Å². The second-order valence-electron chi connectivity index (χ2n) is 5.85. The maximum atomic E-state index is 11.9. The molecule has 0 radical (unpaired) electrons. The first kappa shape index (κ1) is 16.4. The summed E-state index contributed by atoms with van der Waals surface area (Å²) in [6.45, 7) is 10.1. The number of aliphatic hydroxyl groups excluding tert-OH is 1. The fourth-order valence-electron chi connectivity index (χ4n) is 2.61. The highest BCUT2D eigenvalue weighted by atomic mass is 16.3. The van der Waals surface area contributed by atoms with Crippen molar-refractivity contribution in [1.29, 1.82) is 0 Å². The van der Waals surface area contributed by atoms with Crippen LogP contribution in [0.3, 0.4) is 0 Å². The van der Waals surface area contributed by atoms with Crippen LogP contribution in [-0.4, -0.2) is 79.4 Å². The fourth-order valence-corrected chi connectivity index (χ4v) is 2.61. The van der Waals surface area contributed by atoms with Crippen LogP contribution in [0.25, 0.3) is 0 Å². The number of hydrogen-bond acceptors (Lipinski definition) is 3. The molecule has 2 N–H and O–H groups in total. The average Bonchev–Trinajstić information content (AvgIpc) is 2.35. The first-order chi connectivity index (χ1) is 9.00. The van der Waals surface area contributed by atoms with Crippen LogP contribution in [-0.2, 0) is 4.79 Å². The molecule has 1 aliphatic heterocycles. The summed E-state index contributed by atoms with van der Waals surface area (Å²) in [7, 11) is 2.15. The number of nitrogens with zero attached hydrogens (tertiary/aromatic N) is 2. The third-order valence-corrected chi connectivity index (χ3v) is 3.85. The Morgan fingerprint density at radius 2 is 2.00 bits per heavy atom. The minimum absolute atomic E-state index is 0.147. The lowest BCUT2D eigenvalue weighted by molar-refractivity contribution is -0.954. The van der Waals surface area contributed by atoms with Gasteiger partial charge in [-0.2, -0.15) is 0 Å². The molecule has 1 rings (SSSR count). The molecular weight excluding hydrogens is 242 g/mol. The van der Waals surface area contributed by atoms with Crippen LogP contribution in [0.1, 0.15) is 26.7 Å². The van der Waals surface area contributed by atoms with E-state index in [-0.39, 0.29) is 12.0 Å². The van der Waals surface area contributed by atoms with E-state index in [2.05, 4.69) is 19.3 Å². The number of quaternary nitrogens is 1. The van der Waals surface area contributed by atoms with Crippen LogP contribution in [0.4, 0.5) is 0 Å². The molecule has 1 aliphatic rings. The molecule has 112 valence electrons. The van der Waals surface area contributed by atoms with E-state index in [0.29, 0.717) is 6.42 Å². The van der Waals surface area contributed by atoms with Crippen molar-refractivity contribution in [1.82, 2.24) is 10.2 Å². The molecule has 0 spiro atoms. The number of amides is 1. The van der Waals surface area contributed by atoms with E-state index < -0.39 is 0 Å². The summed E-state index contributed by atoms with van der Waals surface area (Å²) >= 11 is 0. The van der Waals surface area contributed by atoms with Gasteiger partial charge in [-0.25, -0.2) is 0 Å². The van der Waals surface area contributed by atoms with E-state index in [1.807, 2.05) is 11.8 Å². The number of likely N-dealkylation sites (tertiary alicyclic amines) is 1. The molecule has 5 heteroatoms. The summed E-state index contributed by atoms with van der Waals surface area (Å²) in [5.41, 5.74) is 0. The highest BCUT2D eigenvalue weighted by molar-refractivity contribution is 5.75. The molecular formula is C14H30N3O2+. The maximum absolute atomic E-state index is 11.9. The number of likely N-dealkylation sites (N-methyl/N-ethyl adjacent to an activating group) is 1. The Bertz CT molecular complexity index is 278. The summed E-state index contributed by atoms with van der Waals surface area (Å²) < 4.78 is 0.886. The Balaban J connectivity index is 2.31. The first-order valence-electron chi connectivity index (χ1n) is 7.51. The summed E-state index contributed by atoms with van der Waals surface area (Å²) in [5, 5.41) is 12.7. The van der Waals surface area contributed by atoms with Gasteiger partial charge in [-0.3, -0.25) is 4.79 Å². The molecule has 0 unspecified atom stereocenters. The Hall–Kier alpha value is -0.650. The molecule has 0 bridgehead atoms. The van der Waals surface area contributed by atoms with Crippen molar-refractivity contribution in [3.05, 3.63) is 0 Å². The second kappa shape index (κ2) is 7.82. The number of nitrogens with one attached hydrogen (secondary N) is 1. The number of carbonyl (C=O) groups excluding carboxylic acids is 1. The number of hydrogen-bond donors (Lipinski definition) is 2. The highest BCUT2D eigenvalue weighted by Crippen LogP contribution is 2.16. The van der Waals surface area contributed by atoms with Crippen LogP contribution >= 0.6 is 0 Å². The van der Waals surface area contributed by atoms with E-state index in [9.17, 15) is 9.90 Å². The van der Waals surface area contributed by atoms with Crippen molar-refractivity contribution in [2.45, 2.75) is 32.8 Å². The topological polar surface area (TPSA) is 52.6 Å². The molecule has 0 aromatic heterocycles. The molecule has 0 aromatic rings. The number of aliphatic hydroxyl groups is 1. The molecule has 19 heavy (non-hydrogen) atoms. The molecule has 0 aliphatic carbocycles. The molecule has 0 aromatic carbocycles. The summed E-state index contributed by atoms with van der Waals surface area (Å²) in [5.74, 6) is 0.228. The normalized spacial score (nSPS) is 26.0. The van der Waals surface area contributed by atoms with E-state index in [1.54, 1.807) is 0 Å². The van der Waals surface area contributed by atoms with Crippen LogP contribution in [0.5, 0.6) is 0 Å². The van der Waals surface area contributed by atoms with Crippen LogP contribution in [0.15, 0.2) is 0 Å². The fraction of sp³-hybridized carbons (Fsp3) is 0.929. The summed E-state index contributed by atoms with van der Waals surface area (Å²) in [6.07, 6.45) is 1.54. The monoisotopic (exact) mass is 272 g/mol. The van der Waals surface area contributed by atoms with Crippen LogP contribution < -0.4 is 5.32 Å². The molecule has 1 saturated heterocycles. The Labute approximate surface area is 117 Å².